The molecular formula is C16H21NO3S. The third kappa shape index (κ3) is 3.79. The summed E-state index contributed by atoms with van der Waals surface area (Å²) in [4.78, 5) is 24.8. The number of thioether (sulfide) groups is 1. The number of nitrogens with one attached hydrogen (secondary N) is 1. The largest absolute Gasteiger partial charge is 0.481 e. The summed E-state index contributed by atoms with van der Waals surface area (Å²) >= 11 is 1.61. The molecule has 1 aliphatic carbocycles. The van der Waals surface area contributed by atoms with Gasteiger partial charge in [0.2, 0.25) is 5.91 Å². The summed E-state index contributed by atoms with van der Waals surface area (Å²) in [7, 11) is 0. The van der Waals surface area contributed by atoms with Crippen molar-refractivity contribution in [2.24, 2.45) is 17.8 Å². The summed E-state index contributed by atoms with van der Waals surface area (Å²) in [5.41, 5.74) is 0.732. The highest BCUT2D eigenvalue weighted by Gasteiger charge is 2.42. The van der Waals surface area contributed by atoms with Gasteiger partial charge in [-0.25, -0.2) is 0 Å². The summed E-state index contributed by atoms with van der Waals surface area (Å²) < 4.78 is 0. The minimum Gasteiger partial charge on any atom is -0.481 e. The second-order valence-electron chi connectivity index (χ2n) is 5.52. The lowest BCUT2D eigenvalue weighted by Gasteiger charge is -2.15. The number of carboxylic acid groups (broad SMARTS) is 1. The van der Waals surface area contributed by atoms with Crippen LogP contribution < -0.4 is 5.32 Å². The summed E-state index contributed by atoms with van der Waals surface area (Å²) in [5, 5.41) is 12.2. The zero-order chi connectivity index (χ0) is 15.4. The molecule has 0 heterocycles. The van der Waals surface area contributed by atoms with Gasteiger partial charge in [-0.1, -0.05) is 19.4 Å². The predicted molar refractivity (Wildman–Crippen MR) is 84.5 cm³/mol. The number of hydrogen-bond donors (Lipinski definition) is 2. The van der Waals surface area contributed by atoms with Gasteiger partial charge in [0.25, 0.3) is 0 Å². The van der Waals surface area contributed by atoms with Gasteiger partial charge in [-0.2, -0.15) is 0 Å². The molecule has 1 saturated carbocycles. The van der Waals surface area contributed by atoms with Crippen LogP contribution in [-0.4, -0.2) is 23.2 Å². The van der Waals surface area contributed by atoms with Crippen LogP contribution in [0, 0.1) is 17.8 Å². The van der Waals surface area contributed by atoms with Gasteiger partial charge < -0.3 is 10.4 Å². The van der Waals surface area contributed by atoms with Gasteiger partial charge in [0.05, 0.1) is 11.8 Å². The van der Waals surface area contributed by atoms with Gasteiger partial charge >= 0.3 is 5.97 Å². The summed E-state index contributed by atoms with van der Waals surface area (Å²) in [6.45, 7) is 2.05. The standard InChI is InChI=1S/C16H21NO3S/c1-3-10-7-13(14(8-10)16(19)20)15(18)17-11-5-4-6-12(9-11)21-2/h4-6,9-10,13-14H,3,7-8H2,1-2H3,(H,17,18)(H,19,20)/t10?,13-,14+/m0/s1. The number of rotatable bonds is 5. The molecule has 0 aromatic heterocycles. The van der Waals surface area contributed by atoms with Crippen molar-refractivity contribution in [3.8, 4) is 0 Å². The van der Waals surface area contributed by atoms with E-state index in [1.165, 1.54) is 0 Å². The van der Waals surface area contributed by atoms with E-state index >= 15 is 0 Å². The Bertz CT molecular complexity index is 532. The van der Waals surface area contributed by atoms with Crippen molar-refractivity contribution in [1.29, 1.82) is 0 Å². The zero-order valence-corrected chi connectivity index (χ0v) is 13.2. The van der Waals surface area contributed by atoms with Crippen LogP contribution in [0.3, 0.4) is 0 Å². The lowest BCUT2D eigenvalue weighted by atomic mass is 9.95. The molecule has 2 rings (SSSR count). The number of amides is 1. The molecule has 1 aliphatic rings. The number of carbonyl (C=O) groups excluding carboxylic acids is 1. The molecule has 0 spiro atoms. The quantitative estimate of drug-likeness (QED) is 0.817. The van der Waals surface area contributed by atoms with E-state index in [0.717, 1.165) is 17.0 Å². The zero-order valence-electron chi connectivity index (χ0n) is 12.3. The van der Waals surface area contributed by atoms with Crippen LogP contribution in [0.1, 0.15) is 26.2 Å². The Labute approximate surface area is 129 Å². The molecule has 1 unspecified atom stereocenters. The first-order valence-corrected chi connectivity index (χ1v) is 8.45. The van der Waals surface area contributed by atoms with Crippen molar-refractivity contribution in [2.75, 3.05) is 11.6 Å². The molecule has 1 amide bonds. The Balaban J connectivity index is 2.09. The predicted octanol–water partition coefficient (Wildman–Crippen LogP) is 3.48. The van der Waals surface area contributed by atoms with Crippen LogP contribution in [-0.2, 0) is 9.59 Å². The molecule has 114 valence electrons. The van der Waals surface area contributed by atoms with Crippen molar-refractivity contribution >= 4 is 29.3 Å². The summed E-state index contributed by atoms with van der Waals surface area (Å²) in [5.74, 6) is -1.68. The second-order valence-corrected chi connectivity index (χ2v) is 6.40. The van der Waals surface area contributed by atoms with Crippen molar-refractivity contribution in [2.45, 2.75) is 31.1 Å². The molecular weight excluding hydrogens is 286 g/mol. The number of hydrogen-bond acceptors (Lipinski definition) is 3. The molecule has 0 aliphatic heterocycles. The van der Waals surface area contributed by atoms with Crippen LogP contribution in [0.4, 0.5) is 5.69 Å². The van der Waals surface area contributed by atoms with Crippen LogP contribution in [0.15, 0.2) is 29.2 Å². The van der Waals surface area contributed by atoms with Crippen LogP contribution in [0.2, 0.25) is 0 Å². The molecule has 1 aromatic rings. The first-order valence-electron chi connectivity index (χ1n) is 7.22. The van der Waals surface area contributed by atoms with Crippen LogP contribution in [0.25, 0.3) is 0 Å². The van der Waals surface area contributed by atoms with E-state index in [-0.39, 0.29) is 5.91 Å². The van der Waals surface area contributed by atoms with Crippen molar-refractivity contribution in [1.82, 2.24) is 0 Å². The highest BCUT2D eigenvalue weighted by Crippen LogP contribution is 2.39. The smallest absolute Gasteiger partial charge is 0.307 e. The Morgan fingerprint density at radius 1 is 1.33 bits per heavy atom. The summed E-state index contributed by atoms with van der Waals surface area (Å²) in [6.07, 6.45) is 4.18. The molecule has 21 heavy (non-hydrogen) atoms. The van der Waals surface area contributed by atoms with E-state index in [0.29, 0.717) is 18.8 Å². The molecule has 1 fully saturated rings. The van der Waals surface area contributed by atoms with Gasteiger partial charge in [0.15, 0.2) is 0 Å². The maximum absolute atomic E-state index is 12.4. The SMILES string of the molecule is CCC1C[C@H](C(=O)Nc2cccc(SC)c2)[C@H](C(=O)O)C1. The van der Waals surface area contributed by atoms with E-state index in [1.807, 2.05) is 37.4 Å². The summed E-state index contributed by atoms with van der Waals surface area (Å²) in [6, 6.07) is 7.60. The van der Waals surface area contributed by atoms with E-state index in [9.17, 15) is 14.7 Å². The minimum absolute atomic E-state index is 0.170. The van der Waals surface area contributed by atoms with Crippen LogP contribution >= 0.6 is 11.8 Å². The maximum Gasteiger partial charge on any atom is 0.307 e. The number of carboxylic acids is 1. The van der Waals surface area contributed by atoms with Gasteiger partial charge in [-0.15, -0.1) is 11.8 Å². The van der Waals surface area contributed by atoms with Crippen molar-refractivity contribution in [3.05, 3.63) is 24.3 Å². The topological polar surface area (TPSA) is 66.4 Å². The van der Waals surface area contributed by atoms with Gasteiger partial charge in [0, 0.05) is 10.6 Å². The van der Waals surface area contributed by atoms with E-state index in [1.54, 1.807) is 11.8 Å². The Kier molecular flexibility index (Phi) is 5.28. The minimum atomic E-state index is -0.857. The first kappa shape index (κ1) is 15.9. The molecule has 2 N–H and O–H groups in total. The fraction of sp³-hybridized carbons (Fsp3) is 0.500. The average molecular weight is 307 g/mol. The van der Waals surface area contributed by atoms with Gasteiger partial charge in [0.1, 0.15) is 0 Å². The van der Waals surface area contributed by atoms with Crippen molar-refractivity contribution < 1.29 is 14.7 Å². The number of aliphatic carboxylic acids is 1. The van der Waals surface area contributed by atoms with E-state index in [4.69, 9.17) is 0 Å². The number of anilines is 1. The highest BCUT2D eigenvalue weighted by atomic mass is 32.2. The van der Waals surface area contributed by atoms with E-state index in [2.05, 4.69) is 5.32 Å². The molecule has 5 heteroatoms. The molecule has 4 nitrogen and oxygen atoms in total. The van der Waals surface area contributed by atoms with Gasteiger partial charge in [-0.05, 0) is 43.2 Å². The van der Waals surface area contributed by atoms with Crippen molar-refractivity contribution in [3.63, 3.8) is 0 Å². The monoisotopic (exact) mass is 307 g/mol. The lowest BCUT2D eigenvalue weighted by molar-refractivity contribution is -0.145. The number of benzene rings is 1. The highest BCUT2D eigenvalue weighted by molar-refractivity contribution is 7.98. The maximum atomic E-state index is 12.4. The molecule has 0 radical (unpaired) electrons. The average Bonchev–Trinajstić information content (AvgIpc) is 2.92. The number of carbonyl (C=O) groups is 2. The Morgan fingerprint density at radius 2 is 2.05 bits per heavy atom. The Hall–Kier alpha value is -1.49. The fourth-order valence-corrected chi connectivity index (χ4v) is 3.43. The molecule has 0 saturated heterocycles. The van der Waals surface area contributed by atoms with Gasteiger partial charge in [-0.3, -0.25) is 9.59 Å². The molecule has 0 bridgehead atoms. The molecule has 3 atom stereocenters. The second kappa shape index (κ2) is 6.98. The lowest BCUT2D eigenvalue weighted by Crippen LogP contribution is -2.29. The third-order valence-corrected chi connectivity index (χ3v) is 4.95. The van der Waals surface area contributed by atoms with E-state index < -0.39 is 17.8 Å². The fourth-order valence-electron chi connectivity index (χ4n) is 2.97. The third-order valence-electron chi connectivity index (χ3n) is 4.23. The van der Waals surface area contributed by atoms with Crippen LogP contribution in [0.5, 0.6) is 0 Å². The molecule has 1 aromatic carbocycles. The first-order chi connectivity index (χ1) is 10.0. The Morgan fingerprint density at radius 3 is 2.67 bits per heavy atom. The normalized spacial score (nSPS) is 24.8.